The molecule has 102 valence electrons. The molecule has 0 fully saturated rings. The minimum absolute atomic E-state index is 0.113. The fourth-order valence-electron chi connectivity index (χ4n) is 1.09. The van der Waals surface area contributed by atoms with E-state index in [-0.39, 0.29) is 10.5 Å². The second-order valence-electron chi connectivity index (χ2n) is 3.26. The van der Waals surface area contributed by atoms with Gasteiger partial charge in [-0.3, -0.25) is 4.79 Å². The van der Waals surface area contributed by atoms with Crippen molar-refractivity contribution in [3.8, 4) is 0 Å². The first-order valence-corrected chi connectivity index (χ1v) is 6.24. The third-order valence-electron chi connectivity index (χ3n) is 2.01. The molecular formula is C10H9NO7S. The van der Waals surface area contributed by atoms with Crippen molar-refractivity contribution in [2.24, 2.45) is 0 Å². The second kappa shape index (κ2) is 5.48. The Bertz CT molecular complexity index is 618. The van der Waals surface area contributed by atoms with Gasteiger partial charge in [0, 0.05) is 0 Å². The molecule has 19 heavy (non-hydrogen) atoms. The monoisotopic (exact) mass is 287 g/mol. The van der Waals surface area contributed by atoms with Crippen molar-refractivity contribution >= 4 is 27.9 Å². The van der Waals surface area contributed by atoms with Crippen LogP contribution in [0, 0.1) is 0 Å². The molecule has 1 rings (SSSR count). The fraction of sp³-hybridized carbons (Fsp3) is 0.100. The van der Waals surface area contributed by atoms with Gasteiger partial charge in [0.2, 0.25) is 0 Å². The zero-order valence-corrected chi connectivity index (χ0v) is 10.4. The number of rotatable bonds is 3. The van der Waals surface area contributed by atoms with Crippen LogP contribution in [0.5, 0.6) is 0 Å². The average molecular weight is 287 g/mol. The fourth-order valence-corrected chi connectivity index (χ4v) is 2.03. The number of carboxylic acid groups (broad SMARTS) is 1. The average Bonchev–Trinajstić information content (AvgIpc) is 2.37. The molecule has 0 atom stereocenters. The summed E-state index contributed by atoms with van der Waals surface area (Å²) in [5, 5.41) is 8.65. The van der Waals surface area contributed by atoms with Gasteiger partial charge in [-0.25, -0.2) is 22.7 Å². The zero-order valence-electron chi connectivity index (χ0n) is 9.61. The van der Waals surface area contributed by atoms with E-state index in [1.54, 1.807) is 0 Å². The van der Waals surface area contributed by atoms with Crippen LogP contribution in [0.4, 0.5) is 0 Å². The number of amides is 1. The SMILES string of the molecule is COC(=O)C(=O)NS(=O)(=O)c1ccc(C(=O)O)cc1. The Hall–Kier alpha value is -2.42. The summed E-state index contributed by atoms with van der Waals surface area (Å²) in [6.45, 7) is 0. The summed E-state index contributed by atoms with van der Waals surface area (Å²) in [6, 6.07) is 4.10. The highest BCUT2D eigenvalue weighted by Gasteiger charge is 2.23. The van der Waals surface area contributed by atoms with E-state index in [4.69, 9.17) is 5.11 Å². The van der Waals surface area contributed by atoms with Crippen molar-refractivity contribution < 1.29 is 32.6 Å². The van der Waals surface area contributed by atoms with E-state index >= 15 is 0 Å². The molecule has 0 heterocycles. The van der Waals surface area contributed by atoms with Crippen LogP contribution < -0.4 is 4.72 Å². The van der Waals surface area contributed by atoms with Gasteiger partial charge in [-0.15, -0.1) is 0 Å². The molecule has 0 radical (unpaired) electrons. The molecule has 0 bridgehead atoms. The third kappa shape index (κ3) is 3.52. The van der Waals surface area contributed by atoms with E-state index < -0.39 is 27.9 Å². The van der Waals surface area contributed by atoms with Crippen LogP contribution in [-0.2, 0) is 24.3 Å². The molecule has 0 saturated carbocycles. The van der Waals surface area contributed by atoms with Crippen LogP contribution in [0.15, 0.2) is 29.2 Å². The highest BCUT2D eigenvalue weighted by atomic mass is 32.2. The van der Waals surface area contributed by atoms with Gasteiger partial charge in [0.05, 0.1) is 17.6 Å². The summed E-state index contributed by atoms with van der Waals surface area (Å²) in [5.41, 5.74) is -0.113. The van der Waals surface area contributed by atoms with Gasteiger partial charge in [-0.1, -0.05) is 0 Å². The maximum Gasteiger partial charge on any atom is 0.397 e. The van der Waals surface area contributed by atoms with E-state index in [2.05, 4.69) is 4.74 Å². The number of esters is 1. The molecule has 0 aliphatic rings. The van der Waals surface area contributed by atoms with Crippen LogP contribution in [-0.4, -0.2) is 38.5 Å². The van der Waals surface area contributed by atoms with Gasteiger partial charge in [0.25, 0.3) is 10.0 Å². The molecule has 1 aromatic rings. The normalized spacial score (nSPS) is 10.6. The van der Waals surface area contributed by atoms with E-state index in [1.807, 2.05) is 0 Å². The van der Waals surface area contributed by atoms with Crippen LogP contribution >= 0.6 is 0 Å². The number of carbonyl (C=O) groups is 3. The number of aromatic carboxylic acids is 1. The zero-order chi connectivity index (χ0) is 14.6. The predicted molar refractivity (Wildman–Crippen MR) is 60.7 cm³/mol. The molecule has 0 aliphatic carbocycles. The van der Waals surface area contributed by atoms with Crippen LogP contribution in [0.2, 0.25) is 0 Å². The van der Waals surface area contributed by atoms with Crippen molar-refractivity contribution in [1.29, 1.82) is 0 Å². The standard InChI is InChI=1S/C10H9NO7S/c1-18-10(15)8(12)11-19(16,17)7-4-2-6(3-5-7)9(13)14/h2-5H,1H3,(H,11,12)(H,13,14). The lowest BCUT2D eigenvalue weighted by Crippen LogP contribution is -2.36. The Morgan fingerprint density at radius 3 is 2.11 bits per heavy atom. The van der Waals surface area contributed by atoms with E-state index in [9.17, 15) is 22.8 Å². The molecular weight excluding hydrogens is 278 g/mol. The van der Waals surface area contributed by atoms with Crippen molar-refractivity contribution in [2.45, 2.75) is 4.90 Å². The number of ether oxygens (including phenoxy) is 1. The number of nitrogens with one attached hydrogen (secondary N) is 1. The highest BCUT2D eigenvalue weighted by Crippen LogP contribution is 2.10. The Kier molecular flexibility index (Phi) is 4.22. The largest absolute Gasteiger partial charge is 0.478 e. The first-order chi connectivity index (χ1) is 8.77. The predicted octanol–water partition coefficient (Wildman–Crippen LogP) is -0.637. The molecule has 0 aliphatic heterocycles. The minimum atomic E-state index is -4.25. The molecule has 0 spiro atoms. The molecule has 0 aromatic heterocycles. The summed E-state index contributed by atoms with van der Waals surface area (Å²) in [7, 11) is -3.32. The lowest BCUT2D eigenvalue weighted by molar-refractivity contribution is -0.151. The Balaban J connectivity index is 2.98. The molecule has 8 nitrogen and oxygen atoms in total. The molecule has 0 unspecified atom stereocenters. The summed E-state index contributed by atoms with van der Waals surface area (Å²) in [6.07, 6.45) is 0. The third-order valence-corrected chi connectivity index (χ3v) is 3.36. The number of carboxylic acids is 1. The lowest BCUT2D eigenvalue weighted by atomic mass is 10.2. The van der Waals surface area contributed by atoms with Gasteiger partial charge >= 0.3 is 17.8 Å². The van der Waals surface area contributed by atoms with Crippen molar-refractivity contribution in [1.82, 2.24) is 4.72 Å². The maximum absolute atomic E-state index is 11.7. The smallest absolute Gasteiger partial charge is 0.397 e. The number of hydrogen-bond acceptors (Lipinski definition) is 6. The first kappa shape index (κ1) is 14.6. The van der Waals surface area contributed by atoms with Crippen molar-refractivity contribution in [3.05, 3.63) is 29.8 Å². The molecule has 2 N–H and O–H groups in total. The number of hydrogen-bond donors (Lipinski definition) is 2. The number of sulfonamides is 1. The summed E-state index contributed by atoms with van der Waals surface area (Å²) >= 11 is 0. The summed E-state index contributed by atoms with van der Waals surface area (Å²) < 4.78 is 28.8. The van der Waals surface area contributed by atoms with E-state index in [0.29, 0.717) is 0 Å². The van der Waals surface area contributed by atoms with E-state index in [0.717, 1.165) is 31.4 Å². The lowest BCUT2D eigenvalue weighted by Gasteiger charge is -2.05. The molecule has 0 saturated heterocycles. The Morgan fingerprint density at radius 2 is 1.68 bits per heavy atom. The summed E-state index contributed by atoms with van der Waals surface area (Å²) in [5.74, 6) is -4.02. The van der Waals surface area contributed by atoms with Gasteiger partial charge in [0.15, 0.2) is 0 Å². The van der Waals surface area contributed by atoms with Crippen LogP contribution in [0.25, 0.3) is 0 Å². The highest BCUT2D eigenvalue weighted by molar-refractivity contribution is 7.90. The number of benzene rings is 1. The molecule has 9 heteroatoms. The van der Waals surface area contributed by atoms with Crippen LogP contribution in [0.1, 0.15) is 10.4 Å². The Labute approximate surface area is 108 Å². The topological polar surface area (TPSA) is 127 Å². The van der Waals surface area contributed by atoms with Gasteiger partial charge in [-0.2, -0.15) is 0 Å². The van der Waals surface area contributed by atoms with E-state index in [1.165, 1.54) is 4.72 Å². The van der Waals surface area contributed by atoms with Crippen LogP contribution in [0.3, 0.4) is 0 Å². The molecule has 1 aromatic carbocycles. The van der Waals surface area contributed by atoms with Crippen molar-refractivity contribution in [2.75, 3.05) is 7.11 Å². The van der Waals surface area contributed by atoms with Gasteiger partial charge in [-0.05, 0) is 24.3 Å². The van der Waals surface area contributed by atoms with Gasteiger partial charge < -0.3 is 9.84 Å². The minimum Gasteiger partial charge on any atom is -0.478 e. The van der Waals surface area contributed by atoms with Gasteiger partial charge in [0.1, 0.15) is 0 Å². The number of carbonyl (C=O) groups excluding carboxylic acids is 2. The first-order valence-electron chi connectivity index (χ1n) is 4.76. The Morgan fingerprint density at radius 1 is 1.16 bits per heavy atom. The second-order valence-corrected chi connectivity index (χ2v) is 4.94. The van der Waals surface area contributed by atoms with Crippen molar-refractivity contribution in [3.63, 3.8) is 0 Å². The number of methoxy groups -OCH3 is 1. The summed E-state index contributed by atoms with van der Waals surface area (Å²) in [4.78, 5) is 32.1. The molecule has 1 amide bonds. The quantitative estimate of drug-likeness (QED) is 0.559. The maximum atomic E-state index is 11.7.